The minimum atomic E-state index is -6.09. The monoisotopic (exact) mass is 259 g/mol. The van der Waals surface area contributed by atoms with Gasteiger partial charge in [0.2, 0.25) is 12.4 Å². The van der Waals surface area contributed by atoms with Gasteiger partial charge in [-0.1, -0.05) is 6.07 Å². The van der Waals surface area contributed by atoms with Crippen LogP contribution in [0.2, 0.25) is 0 Å². The van der Waals surface area contributed by atoms with Crippen LogP contribution in [-0.2, 0) is 10.1 Å². The van der Waals surface area contributed by atoms with Gasteiger partial charge in [0, 0.05) is 16.9 Å². The van der Waals surface area contributed by atoms with Crippen LogP contribution >= 0.6 is 0 Å². The molecule has 0 aliphatic heterocycles. The number of pyridine rings is 1. The quantitative estimate of drug-likeness (QED) is 0.407. The van der Waals surface area contributed by atoms with Crippen molar-refractivity contribution in [1.29, 1.82) is 0 Å². The summed E-state index contributed by atoms with van der Waals surface area (Å²) in [4.78, 5) is 4.83. The van der Waals surface area contributed by atoms with Crippen molar-refractivity contribution >= 4 is 10.1 Å². The highest BCUT2D eigenvalue weighted by Crippen LogP contribution is 2.20. The molecule has 0 aliphatic carbocycles. The average molecular weight is 259 g/mol. The molecule has 0 saturated carbocycles. The molecule has 16 heavy (non-hydrogen) atoms. The number of hydrogen-bond donors (Lipinski definition) is 0. The van der Waals surface area contributed by atoms with Crippen molar-refractivity contribution in [2.75, 3.05) is 7.11 Å². The number of alkyl halides is 3. The Morgan fingerprint density at radius 2 is 1.56 bits per heavy atom. The zero-order chi connectivity index (χ0) is 12.8. The zero-order valence-corrected chi connectivity index (χ0v) is 8.83. The second-order valence-electron chi connectivity index (χ2n) is 2.32. The van der Waals surface area contributed by atoms with Gasteiger partial charge in [-0.15, -0.1) is 0 Å². The van der Waals surface area contributed by atoms with Crippen LogP contribution in [0.4, 0.5) is 13.2 Å². The summed E-state index contributed by atoms with van der Waals surface area (Å²) in [7, 11) is -4.47. The maximum absolute atomic E-state index is 10.7. The average Bonchev–Trinajstić information content (AvgIpc) is 2.17. The molecule has 1 aromatic heterocycles. The van der Waals surface area contributed by atoms with Crippen molar-refractivity contribution in [2.24, 2.45) is 0 Å². The topological polar surface area (TPSA) is 70.3 Å². The van der Waals surface area contributed by atoms with Crippen molar-refractivity contribution in [1.82, 2.24) is 0 Å². The third-order valence-corrected chi connectivity index (χ3v) is 1.75. The molecule has 1 heterocycles. The molecule has 1 rings (SSSR count). The van der Waals surface area contributed by atoms with Crippen molar-refractivity contribution in [3.63, 3.8) is 0 Å². The molecule has 0 aliphatic rings. The highest BCUT2D eigenvalue weighted by molar-refractivity contribution is 7.86. The SMILES string of the molecule is CO[n+]1ccccc1.O=S(=O)([O-])C(F)(F)F. The van der Waals surface area contributed by atoms with Crippen molar-refractivity contribution in [2.45, 2.75) is 5.51 Å². The van der Waals surface area contributed by atoms with Gasteiger partial charge >= 0.3 is 5.51 Å². The Labute approximate surface area is 89.8 Å². The second kappa shape index (κ2) is 5.66. The van der Waals surface area contributed by atoms with Crippen molar-refractivity contribution in [3.05, 3.63) is 30.6 Å². The molecule has 0 N–H and O–H groups in total. The standard InChI is InChI=1S/C6H8NO.CHF3O3S/c1-8-7-5-3-2-4-6-7;2-1(3,4)8(5,6)7/h2-6H,1H3;(H,5,6,7)/q+1;/p-1. The molecule has 5 nitrogen and oxygen atoms in total. The van der Waals surface area contributed by atoms with E-state index in [9.17, 15) is 13.2 Å². The maximum atomic E-state index is 10.7. The number of halogens is 3. The smallest absolute Gasteiger partial charge is 0.485 e. The molecule has 0 amide bonds. The predicted octanol–water partition coefficient (Wildman–Crippen LogP) is 0.0839. The molecule has 9 heteroatoms. The fourth-order valence-corrected chi connectivity index (χ4v) is 0.505. The van der Waals surface area contributed by atoms with Crippen LogP contribution in [0.1, 0.15) is 0 Å². The first-order chi connectivity index (χ1) is 7.18. The lowest BCUT2D eigenvalue weighted by Gasteiger charge is -2.08. The van der Waals surface area contributed by atoms with Crippen LogP contribution < -0.4 is 9.57 Å². The van der Waals surface area contributed by atoms with E-state index >= 15 is 0 Å². The third kappa shape index (κ3) is 5.51. The Bertz CT molecular complexity index is 403. The summed E-state index contributed by atoms with van der Waals surface area (Å²) in [5.74, 6) is 0. The molecular weight excluding hydrogens is 251 g/mol. The second-order valence-corrected chi connectivity index (χ2v) is 3.69. The van der Waals surface area contributed by atoms with Gasteiger partial charge in [-0.3, -0.25) is 4.84 Å². The molecule has 0 unspecified atom stereocenters. The molecule has 0 spiro atoms. The molecule has 0 fully saturated rings. The molecule has 0 atom stereocenters. The first kappa shape index (κ1) is 14.6. The molecule has 0 bridgehead atoms. The van der Waals surface area contributed by atoms with E-state index in [0.29, 0.717) is 0 Å². The van der Waals surface area contributed by atoms with Gasteiger partial charge in [0.15, 0.2) is 10.1 Å². The molecule has 92 valence electrons. The Hall–Kier alpha value is -1.35. The third-order valence-electron chi connectivity index (χ3n) is 1.18. The normalized spacial score (nSPS) is 11.3. The van der Waals surface area contributed by atoms with Gasteiger partial charge in [0.25, 0.3) is 0 Å². The lowest BCUT2D eigenvalue weighted by Crippen LogP contribution is -2.38. The summed E-state index contributed by atoms with van der Waals surface area (Å²) in [6, 6.07) is 5.75. The van der Waals surface area contributed by atoms with Gasteiger partial charge < -0.3 is 4.55 Å². The van der Waals surface area contributed by atoms with E-state index in [1.165, 1.54) is 0 Å². The lowest BCUT2D eigenvalue weighted by atomic mass is 10.5. The van der Waals surface area contributed by atoms with Crippen LogP contribution in [-0.4, -0.2) is 25.6 Å². The van der Waals surface area contributed by atoms with Crippen LogP contribution in [0.15, 0.2) is 30.6 Å². The largest absolute Gasteiger partial charge is 0.741 e. The first-order valence-electron chi connectivity index (χ1n) is 3.71. The predicted molar refractivity (Wildman–Crippen MR) is 44.9 cm³/mol. The molecule has 0 saturated heterocycles. The van der Waals surface area contributed by atoms with Crippen LogP contribution in [0.5, 0.6) is 0 Å². The minimum absolute atomic E-state index is 1.62. The summed E-state index contributed by atoms with van der Waals surface area (Å²) in [5, 5.41) is 0. The van der Waals surface area contributed by atoms with Crippen molar-refractivity contribution in [3.8, 4) is 0 Å². The number of hydrogen-bond acceptors (Lipinski definition) is 4. The van der Waals surface area contributed by atoms with Gasteiger partial charge in [0.1, 0.15) is 7.11 Å². The van der Waals surface area contributed by atoms with Gasteiger partial charge in [-0.25, -0.2) is 8.42 Å². The number of rotatable bonds is 1. The van der Waals surface area contributed by atoms with E-state index in [0.717, 1.165) is 0 Å². The summed E-state index contributed by atoms with van der Waals surface area (Å²) in [6.07, 6.45) is 3.67. The molecule has 1 aromatic rings. The Morgan fingerprint density at radius 1 is 1.19 bits per heavy atom. The van der Waals surface area contributed by atoms with Crippen LogP contribution in [0, 0.1) is 0 Å². The fourth-order valence-electron chi connectivity index (χ4n) is 0.505. The summed E-state index contributed by atoms with van der Waals surface area (Å²) in [5.41, 5.74) is -5.65. The van der Waals surface area contributed by atoms with E-state index in [1.54, 1.807) is 11.8 Å². The molecule has 0 radical (unpaired) electrons. The first-order valence-corrected chi connectivity index (χ1v) is 5.12. The molecule has 0 aromatic carbocycles. The van der Waals surface area contributed by atoms with E-state index in [1.807, 2.05) is 30.6 Å². The highest BCUT2D eigenvalue weighted by Gasteiger charge is 2.36. The number of nitrogens with zero attached hydrogens (tertiary/aromatic N) is 1. The lowest BCUT2D eigenvalue weighted by molar-refractivity contribution is -0.885. The van der Waals surface area contributed by atoms with Crippen LogP contribution in [0.3, 0.4) is 0 Å². The van der Waals surface area contributed by atoms with E-state index in [-0.39, 0.29) is 0 Å². The van der Waals surface area contributed by atoms with Gasteiger partial charge in [-0.2, -0.15) is 13.2 Å². The Kier molecular flexibility index (Phi) is 5.18. The van der Waals surface area contributed by atoms with E-state index < -0.39 is 15.6 Å². The summed E-state index contributed by atoms with van der Waals surface area (Å²) >= 11 is 0. The fraction of sp³-hybridized carbons (Fsp3) is 0.286. The summed E-state index contributed by atoms with van der Waals surface area (Å²) in [6.45, 7) is 0. The van der Waals surface area contributed by atoms with Gasteiger partial charge in [-0.05, 0) is 0 Å². The Balaban J connectivity index is 0.000000281. The van der Waals surface area contributed by atoms with Gasteiger partial charge in [0.05, 0.1) is 0 Å². The van der Waals surface area contributed by atoms with Crippen molar-refractivity contribution < 1.29 is 35.7 Å². The zero-order valence-electron chi connectivity index (χ0n) is 8.01. The van der Waals surface area contributed by atoms with E-state index in [4.69, 9.17) is 17.8 Å². The summed E-state index contributed by atoms with van der Waals surface area (Å²) < 4.78 is 60.5. The highest BCUT2D eigenvalue weighted by atomic mass is 32.2. The molecular formula is C7H8F3NO4S. The maximum Gasteiger partial charge on any atom is 0.485 e. The number of aromatic nitrogens is 1. The van der Waals surface area contributed by atoms with Crippen LogP contribution in [0.25, 0.3) is 0 Å². The van der Waals surface area contributed by atoms with E-state index in [2.05, 4.69) is 0 Å². The Morgan fingerprint density at radius 3 is 1.75 bits per heavy atom. The minimum Gasteiger partial charge on any atom is -0.741 e.